The Labute approximate surface area is 101 Å². The predicted molar refractivity (Wildman–Crippen MR) is 65.6 cm³/mol. The van der Waals surface area contributed by atoms with E-state index >= 15 is 0 Å². The van der Waals surface area contributed by atoms with Crippen molar-refractivity contribution in [3.05, 3.63) is 34.3 Å². The van der Waals surface area contributed by atoms with Crippen LogP contribution in [-0.4, -0.2) is 25.0 Å². The Morgan fingerprint density at radius 3 is 2.69 bits per heavy atom. The molecule has 0 radical (unpaired) electrons. The van der Waals surface area contributed by atoms with Gasteiger partial charge in [-0.15, -0.1) is 0 Å². The third-order valence-corrected chi connectivity index (χ3v) is 3.53. The molecule has 0 amide bonds. The maximum absolute atomic E-state index is 9.11. The van der Waals surface area contributed by atoms with Crippen molar-refractivity contribution >= 4 is 11.6 Å². The summed E-state index contributed by atoms with van der Waals surface area (Å²) < 4.78 is 0. The van der Waals surface area contributed by atoms with Gasteiger partial charge in [-0.2, -0.15) is 5.26 Å². The highest BCUT2D eigenvalue weighted by atomic mass is 35.5. The number of nitrogens with zero attached hydrogens (tertiary/aromatic N) is 2. The lowest BCUT2D eigenvalue weighted by Crippen LogP contribution is -2.29. The van der Waals surface area contributed by atoms with Crippen LogP contribution in [0.1, 0.15) is 29.9 Å². The van der Waals surface area contributed by atoms with Crippen molar-refractivity contribution in [2.45, 2.75) is 18.8 Å². The van der Waals surface area contributed by atoms with Gasteiger partial charge in [0.05, 0.1) is 11.6 Å². The molecule has 0 N–H and O–H groups in total. The fourth-order valence-electron chi connectivity index (χ4n) is 2.30. The topological polar surface area (TPSA) is 27.0 Å². The van der Waals surface area contributed by atoms with Crippen molar-refractivity contribution in [3.8, 4) is 6.07 Å². The first-order valence-electron chi connectivity index (χ1n) is 5.59. The molecule has 1 heterocycles. The molecular formula is C13H15ClN2. The predicted octanol–water partition coefficient (Wildman–Crippen LogP) is 3.02. The standard InChI is InChI=1S/C13H15ClN2/c1-16-6-4-10(5-7-16)13-3-2-12(14)8-11(13)9-15/h2-3,8,10H,4-7H2,1H3. The van der Waals surface area contributed by atoms with Crippen molar-refractivity contribution in [2.75, 3.05) is 20.1 Å². The number of halogens is 1. The van der Waals surface area contributed by atoms with E-state index in [0.29, 0.717) is 10.9 Å². The number of likely N-dealkylation sites (tertiary alicyclic amines) is 1. The van der Waals surface area contributed by atoms with Crippen LogP contribution in [0, 0.1) is 11.3 Å². The van der Waals surface area contributed by atoms with Gasteiger partial charge in [-0.1, -0.05) is 17.7 Å². The lowest BCUT2D eigenvalue weighted by atomic mass is 9.87. The van der Waals surface area contributed by atoms with Gasteiger partial charge >= 0.3 is 0 Å². The Bertz CT molecular complexity index is 414. The Hall–Kier alpha value is -1.04. The molecule has 2 nitrogen and oxygen atoms in total. The van der Waals surface area contributed by atoms with Crippen molar-refractivity contribution in [3.63, 3.8) is 0 Å². The normalized spacial score (nSPS) is 18.3. The van der Waals surface area contributed by atoms with Crippen LogP contribution < -0.4 is 0 Å². The minimum Gasteiger partial charge on any atom is -0.306 e. The molecule has 3 heteroatoms. The first-order valence-corrected chi connectivity index (χ1v) is 5.96. The summed E-state index contributed by atoms with van der Waals surface area (Å²) in [5.74, 6) is 0.517. The average molecular weight is 235 g/mol. The third-order valence-electron chi connectivity index (χ3n) is 3.29. The molecule has 1 fully saturated rings. The van der Waals surface area contributed by atoms with E-state index < -0.39 is 0 Å². The Morgan fingerprint density at radius 2 is 2.06 bits per heavy atom. The molecule has 1 aliphatic rings. The quantitative estimate of drug-likeness (QED) is 0.747. The maximum atomic E-state index is 9.11. The van der Waals surface area contributed by atoms with E-state index in [-0.39, 0.29) is 0 Å². The van der Waals surface area contributed by atoms with Crippen molar-refractivity contribution in [1.82, 2.24) is 4.90 Å². The largest absolute Gasteiger partial charge is 0.306 e. The summed E-state index contributed by atoms with van der Waals surface area (Å²) in [6, 6.07) is 7.92. The third kappa shape index (κ3) is 2.37. The zero-order valence-corrected chi connectivity index (χ0v) is 10.2. The van der Waals surface area contributed by atoms with E-state index in [1.54, 1.807) is 6.07 Å². The molecule has 0 bridgehead atoms. The average Bonchev–Trinajstić information content (AvgIpc) is 2.30. The van der Waals surface area contributed by atoms with Crippen molar-refractivity contribution in [1.29, 1.82) is 5.26 Å². The highest BCUT2D eigenvalue weighted by Gasteiger charge is 2.20. The summed E-state index contributed by atoms with van der Waals surface area (Å²) >= 11 is 5.90. The lowest BCUT2D eigenvalue weighted by Gasteiger charge is -2.29. The van der Waals surface area contributed by atoms with E-state index in [0.717, 1.165) is 31.5 Å². The molecule has 0 unspecified atom stereocenters. The molecule has 16 heavy (non-hydrogen) atoms. The van der Waals surface area contributed by atoms with Gasteiger partial charge in [-0.25, -0.2) is 0 Å². The fourth-order valence-corrected chi connectivity index (χ4v) is 2.47. The molecule has 1 aromatic carbocycles. The molecular weight excluding hydrogens is 220 g/mol. The SMILES string of the molecule is CN1CCC(c2ccc(Cl)cc2C#N)CC1. The number of nitriles is 1. The molecule has 0 atom stereocenters. The second-order valence-electron chi connectivity index (χ2n) is 4.42. The highest BCUT2D eigenvalue weighted by molar-refractivity contribution is 6.30. The summed E-state index contributed by atoms with van der Waals surface area (Å²) in [5, 5.41) is 9.75. The van der Waals surface area contributed by atoms with Gasteiger partial charge in [-0.3, -0.25) is 0 Å². The van der Waals surface area contributed by atoms with E-state index in [2.05, 4.69) is 18.0 Å². The monoisotopic (exact) mass is 234 g/mol. The number of hydrogen-bond donors (Lipinski definition) is 0. The van der Waals surface area contributed by atoms with E-state index in [9.17, 15) is 0 Å². The van der Waals surface area contributed by atoms with Gasteiger partial charge in [0.2, 0.25) is 0 Å². The number of hydrogen-bond acceptors (Lipinski definition) is 2. The number of benzene rings is 1. The van der Waals surface area contributed by atoms with Crippen LogP contribution in [0.25, 0.3) is 0 Å². The van der Waals surface area contributed by atoms with E-state index in [1.807, 2.05) is 12.1 Å². The van der Waals surface area contributed by atoms with Crippen LogP contribution in [0.3, 0.4) is 0 Å². The summed E-state index contributed by atoms with van der Waals surface area (Å²) in [4.78, 5) is 2.33. The molecule has 84 valence electrons. The van der Waals surface area contributed by atoms with Crippen LogP contribution in [0.4, 0.5) is 0 Å². The molecule has 0 aliphatic carbocycles. The summed E-state index contributed by atoms with van der Waals surface area (Å²) in [6.45, 7) is 2.22. The molecule has 1 aliphatic heterocycles. The van der Waals surface area contributed by atoms with Gasteiger partial charge in [-0.05, 0) is 56.6 Å². The molecule has 2 rings (SSSR count). The molecule has 1 aromatic rings. The zero-order valence-electron chi connectivity index (χ0n) is 9.41. The van der Waals surface area contributed by atoms with Gasteiger partial charge in [0.1, 0.15) is 0 Å². The number of piperidine rings is 1. The second-order valence-corrected chi connectivity index (χ2v) is 4.86. The smallest absolute Gasteiger partial charge is 0.0995 e. The van der Waals surface area contributed by atoms with Gasteiger partial charge in [0, 0.05) is 5.02 Å². The zero-order chi connectivity index (χ0) is 11.5. The first-order chi connectivity index (χ1) is 7.70. The van der Waals surface area contributed by atoms with Crippen molar-refractivity contribution < 1.29 is 0 Å². The van der Waals surface area contributed by atoms with Crippen LogP contribution in [-0.2, 0) is 0 Å². The van der Waals surface area contributed by atoms with Crippen LogP contribution in [0.2, 0.25) is 5.02 Å². The van der Waals surface area contributed by atoms with E-state index in [4.69, 9.17) is 16.9 Å². The van der Waals surface area contributed by atoms with Gasteiger partial charge in [0.25, 0.3) is 0 Å². The molecule has 1 saturated heterocycles. The Balaban J connectivity index is 2.24. The number of rotatable bonds is 1. The van der Waals surface area contributed by atoms with Crippen molar-refractivity contribution in [2.24, 2.45) is 0 Å². The van der Waals surface area contributed by atoms with E-state index in [1.165, 1.54) is 5.56 Å². The molecule has 0 saturated carbocycles. The lowest BCUT2D eigenvalue weighted by molar-refractivity contribution is 0.255. The van der Waals surface area contributed by atoms with Gasteiger partial charge in [0.15, 0.2) is 0 Å². The summed E-state index contributed by atoms with van der Waals surface area (Å²) in [7, 11) is 2.14. The minimum atomic E-state index is 0.517. The Morgan fingerprint density at radius 1 is 1.38 bits per heavy atom. The summed E-state index contributed by atoms with van der Waals surface area (Å²) in [5.41, 5.74) is 1.90. The highest BCUT2D eigenvalue weighted by Crippen LogP contribution is 2.30. The Kier molecular flexibility index (Phi) is 3.48. The first kappa shape index (κ1) is 11.4. The second kappa shape index (κ2) is 4.86. The van der Waals surface area contributed by atoms with Gasteiger partial charge < -0.3 is 4.90 Å². The fraction of sp³-hybridized carbons (Fsp3) is 0.462. The maximum Gasteiger partial charge on any atom is 0.0995 e. The molecule has 0 aromatic heterocycles. The minimum absolute atomic E-state index is 0.517. The summed E-state index contributed by atoms with van der Waals surface area (Å²) in [6.07, 6.45) is 2.26. The van der Waals surface area contributed by atoms with Crippen LogP contribution in [0.15, 0.2) is 18.2 Å². The van der Waals surface area contributed by atoms with Crippen LogP contribution in [0.5, 0.6) is 0 Å². The van der Waals surface area contributed by atoms with Crippen LogP contribution >= 0.6 is 11.6 Å². The molecule has 0 spiro atoms.